The van der Waals surface area contributed by atoms with E-state index in [1.807, 2.05) is 13.0 Å². The third kappa shape index (κ3) is 2.31. The molecule has 1 rings (SSSR count). The fourth-order valence-electron chi connectivity index (χ4n) is 1.27. The first-order valence-corrected chi connectivity index (χ1v) is 5.76. The van der Waals surface area contributed by atoms with Gasteiger partial charge in [-0.2, -0.15) is 0 Å². The highest BCUT2D eigenvalue weighted by Gasteiger charge is 2.11. The number of aromatic hydroxyl groups is 1. The minimum atomic E-state index is 0.239. The fraction of sp³-hybridized carbons (Fsp3) is 0.273. The van der Waals surface area contributed by atoms with Crippen molar-refractivity contribution in [3.8, 4) is 18.1 Å². The molecule has 0 aliphatic rings. The molecule has 0 unspecified atom stereocenters. The number of aryl methyl sites for hydroxylation is 1. The average Bonchev–Trinajstić information content (AvgIpc) is 2.14. The van der Waals surface area contributed by atoms with E-state index in [4.69, 9.17) is 6.42 Å². The molecule has 0 heterocycles. The van der Waals surface area contributed by atoms with Gasteiger partial charge >= 0.3 is 0 Å². The molecule has 0 spiro atoms. The van der Waals surface area contributed by atoms with Crippen molar-refractivity contribution in [2.45, 2.75) is 19.8 Å². The standard InChI is InChI=1S/C11H10Br2O/c1-3-4-5-8-7(2)6-9(12)11(14)10(8)13/h1,6,14H,4-5H2,2H3. The van der Waals surface area contributed by atoms with Gasteiger partial charge in [0.15, 0.2) is 0 Å². The van der Waals surface area contributed by atoms with Crippen LogP contribution < -0.4 is 0 Å². The zero-order chi connectivity index (χ0) is 10.7. The smallest absolute Gasteiger partial charge is 0.144 e. The highest BCUT2D eigenvalue weighted by molar-refractivity contribution is 9.11. The van der Waals surface area contributed by atoms with Crippen molar-refractivity contribution >= 4 is 31.9 Å². The molecule has 1 N–H and O–H groups in total. The Bertz CT molecular complexity index is 391. The minimum Gasteiger partial charge on any atom is -0.506 e. The number of hydrogen-bond acceptors (Lipinski definition) is 1. The Balaban J connectivity index is 3.17. The van der Waals surface area contributed by atoms with Gasteiger partial charge < -0.3 is 5.11 Å². The molecule has 0 bridgehead atoms. The van der Waals surface area contributed by atoms with E-state index in [1.54, 1.807) is 0 Å². The maximum absolute atomic E-state index is 9.67. The number of benzene rings is 1. The summed E-state index contributed by atoms with van der Waals surface area (Å²) in [5.74, 6) is 2.83. The van der Waals surface area contributed by atoms with Crippen LogP contribution in [0.3, 0.4) is 0 Å². The van der Waals surface area contributed by atoms with Gasteiger partial charge in [-0.25, -0.2) is 0 Å². The maximum Gasteiger partial charge on any atom is 0.144 e. The van der Waals surface area contributed by atoms with E-state index in [9.17, 15) is 5.11 Å². The summed E-state index contributed by atoms with van der Waals surface area (Å²) in [7, 11) is 0. The summed E-state index contributed by atoms with van der Waals surface area (Å²) in [4.78, 5) is 0. The van der Waals surface area contributed by atoms with Gasteiger partial charge in [-0.05, 0) is 62.4 Å². The summed E-state index contributed by atoms with van der Waals surface area (Å²) < 4.78 is 1.44. The molecule has 0 amide bonds. The summed E-state index contributed by atoms with van der Waals surface area (Å²) in [6.45, 7) is 2.00. The zero-order valence-electron chi connectivity index (χ0n) is 7.77. The van der Waals surface area contributed by atoms with Gasteiger partial charge in [-0.3, -0.25) is 0 Å². The van der Waals surface area contributed by atoms with Crippen LogP contribution in [0.1, 0.15) is 17.5 Å². The van der Waals surface area contributed by atoms with Gasteiger partial charge in [0, 0.05) is 6.42 Å². The van der Waals surface area contributed by atoms with Crippen LogP contribution in [-0.4, -0.2) is 5.11 Å². The van der Waals surface area contributed by atoms with E-state index in [0.717, 1.165) is 22.0 Å². The number of phenols is 1. The van der Waals surface area contributed by atoms with Crippen LogP contribution in [0.25, 0.3) is 0 Å². The molecule has 1 aromatic carbocycles. The lowest BCUT2D eigenvalue weighted by Gasteiger charge is -2.10. The molecule has 0 aromatic heterocycles. The SMILES string of the molecule is C#CCCc1c(C)cc(Br)c(O)c1Br. The second-order valence-electron chi connectivity index (χ2n) is 3.02. The number of hydrogen-bond donors (Lipinski definition) is 1. The second-order valence-corrected chi connectivity index (χ2v) is 4.67. The Hall–Kier alpha value is -0.460. The normalized spacial score (nSPS) is 9.86. The number of rotatable bonds is 2. The first kappa shape index (κ1) is 11.6. The van der Waals surface area contributed by atoms with E-state index in [1.165, 1.54) is 0 Å². The van der Waals surface area contributed by atoms with E-state index < -0.39 is 0 Å². The molecule has 0 fully saturated rings. The van der Waals surface area contributed by atoms with Gasteiger partial charge in [0.05, 0.1) is 8.95 Å². The predicted molar refractivity (Wildman–Crippen MR) is 65.4 cm³/mol. The van der Waals surface area contributed by atoms with Crippen molar-refractivity contribution in [3.63, 3.8) is 0 Å². The van der Waals surface area contributed by atoms with Gasteiger partial charge in [0.25, 0.3) is 0 Å². The van der Waals surface area contributed by atoms with E-state index in [0.29, 0.717) is 10.9 Å². The molecule has 3 heteroatoms. The summed E-state index contributed by atoms with van der Waals surface area (Å²) >= 11 is 6.64. The highest BCUT2D eigenvalue weighted by Crippen LogP contribution is 2.37. The molecule has 1 nitrogen and oxygen atoms in total. The van der Waals surface area contributed by atoms with E-state index in [2.05, 4.69) is 37.8 Å². The number of phenolic OH excluding ortho intramolecular Hbond substituents is 1. The molecule has 74 valence electrons. The van der Waals surface area contributed by atoms with Gasteiger partial charge in [0.2, 0.25) is 0 Å². The van der Waals surface area contributed by atoms with Crippen LogP contribution in [0, 0.1) is 19.3 Å². The van der Waals surface area contributed by atoms with Crippen molar-refractivity contribution in [3.05, 3.63) is 26.1 Å². The lowest BCUT2D eigenvalue weighted by molar-refractivity contribution is 0.467. The Morgan fingerprint density at radius 1 is 1.50 bits per heavy atom. The number of terminal acetylenes is 1. The Labute approximate surface area is 101 Å². The van der Waals surface area contributed by atoms with Gasteiger partial charge in [-0.15, -0.1) is 12.3 Å². The summed E-state index contributed by atoms with van der Waals surface area (Å²) in [5, 5.41) is 9.67. The fourth-order valence-corrected chi connectivity index (χ4v) is 2.80. The van der Waals surface area contributed by atoms with Crippen molar-refractivity contribution < 1.29 is 5.11 Å². The Kier molecular flexibility index (Phi) is 4.03. The number of halogens is 2. The molecular weight excluding hydrogens is 308 g/mol. The van der Waals surface area contributed by atoms with Crippen LogP contribution in [0.15, 0.2) is 15.0 Å². The second kappa shape index (κ2) is 4.86. The maximum atomic E-state index is 9.67. The monoisotopic (exact) mass is 316 g/mol. The third-order valence-corrected chi connectivity index (χ3v) is 3.50. The molecular formula is C11H10Br2O. The molecule has 0 saturated heterocycles. The van der Waals surface area contributed by atoms with Crippen molar-refractivity contribution in [1.82, 2.24) is 0 Å². The van der Waals surface area contributed by atoms with E-state index in [-0.39, 0.29) is 5.75 Å². The molecule has 14 heavy (non-hydrogen) atoms. The van der Waals surface area contributed by atoms with Crippen molar-refractivity contribution in [1.29, 1.82) is 0 Å². The topological polar surface area (TPSA) is 20.2 Å². The molecule has 0 saturated carbocycles. The zero-order valence-corrected chi connectivity index (χ0v) is 10.9. The molecule has 0 aliphatic heterocycles. The highest BCUT2D eigenvalue weighted by atomic mass is 79.9. The van der Waals surface area contributed by atoms with Gasteiger partial charge in [-0.1, -0.05) is 0 Å². The van der Waals surface area contributed by atoms with Crippen LogP contribution >= 0.6 is 31.9 Å². The van der Waals surface area contributed by atoms with E-state index >= 15 is 0 Å². The predicted octanol–water partition coefficient (Wildman–Crippen LogP) is 3.79. The molecule has 0 atom stereocenters. The van der Waals surface area contributed by atoms with Crippen molar-refractivity contribution in [2.75, 3.05) is 0 Å². The lowest BCUT2D eigenvalue weighted by atomic mass is 10.0. The minimum absolute atomic E-state index is 0.239. The molecule has 0 aliphatic carbocycles. The Morgan fingerprint density at radius 3 is 2.71 bits per heavy atom. The summed E-state index contributed by atoms with van der Waals surface area (Å²) in [6, 6.07) is 1.89. The summed E-state index contributed by atoms with van der Waals surface area (Å²) in [6.07, 6.45) is 6.67. The van der Waals surface area contributed by atoms with Gasteiger partial charge in [0.1, 0.15) is 5.75 Å². The quantitative estimate of drug-likeness (QED) is 0.823. The van der Waals surface area contributed by atoms with Crippen LogP contribution in [0.2, 0.25) is 0 Å². The van der Waals surface area contributed by atoms with Crippen molar-refractivity contribution in [2.24, 2.45) is 0 Å². The average molecular weight is 318 g/mol. The first-order chi connectivity index (χ1) is 6.57. The Morgan fingerprint density at radius 2 is 2.14 bits per heavy atom. The summed E-state index contributed by atoms with van der Waals surface area (Å²) in [5.41, 5.74) is 2.19. The largest absolute Gasteiger partial charge is 0.506 e. The first-order valence-electron chi connectivity index (χ1n) is 4.17. The van der Waals surface area contributed by atoms with Crippen LogP contribution in [-0.2, 0) is 6.42 Å². The van der Waals surface area contributed by atoms with Crippen LogP contribution in [0.5, 0.6) is 5.75 Å². The molecule has 0 radical (unpaired) electrons. The van der Waals surface area contributed by atoms with Crippen LogP contribution in [0.4, 0.5) is 0 Å². The third-order valence-electron chi connectivity index (χ3n) is 2.04. The molecule has 1 aromatic rings. The lowest BCUT2D eigenvalue weighted by Crippen LogP contribution is -1.92.